The molecule has 13 heavy (non-hydrogen) atoms. The molecule has 4 heteroatoms. The van der Waals surface area contributed by atoms with Crippen LogP contribution in [-0.4, -0.2) is 20.7 Å². The summed E-state index contributed by atoms with van der Waals surface area (Å²) in [5, 5.41) is 0. The van der Waals surface area contributed by atoms with E-state index < -0.39 is 9.73 Å². The lowest BCUT2D eigenvalue weighted by Crippen LogP contribution is -2.04. The maximum atomic E-state index is 11.9. The first-order valence-corrected chi connectivity index (χ1v) is 6.18. The Balaban J connectivity index is 3.07. The van der Waals surface area contributed by atoms with Crippen LogP contribution >= 0.6 is 0 Å². The molecular weight excluding hydrogens is 184 g/mol. The maximum Gasteiger partial charge on any atom is 0.0913 e. The molecular formula is C9H14N2OS. The van der Waals surface area contributed by atoms with Crippen molar-refractivity contribution in [2.75, 3.05) is 11.5 Å². The maximum absolute atomic E-state index is 11.9. The molecule has 3 nitrogen and oxygen atoms in total. The van der Waals surface area contributed by atoms with Gasteiger partial charge < -0.3 is 0 Å². The lowest BCUT2D eigenvalue weighted by atomic mass is 10.4. The van der Waals surface area contributed by atoms with E-state index in [9.17, 15) is 4.21 Å². The van der Waals surface area contributed by atoms with Crippen LogP contribution in [0.3, 0.4) is 0 Å². The Labute approximate surface area is 79.4 Å². The number of aromatic nitrogens is 1. The Kier molecular flexibility index (Phi) is 3.42. The van der Waals surface area contributed by atoms with Crippen molar-refractivity contribution in [1.29, 1.82) is 0 Å². The molecule has 0 saturated heterocycles. The van der Waals surface area contributed by atoms with Crippen molar-refractivity contribution in [2.24, 2.45) is 4.36 Å². The minimum Gasteiger partial charge on any atom is -0.262 e. The van der Waals surface area contributed by atoms with E-state index in [2.05, 4.69) is 9.35 Å². The standard InChI is InChI=1S/C9H14N2OS/c1-3-13(12,4-2)11-9-6-5-7-10-8-9/h5-8H,3-4H2,1-2H3. The number of hydrogen-bond acceptors (Lipinski definition) is 3. The number of pyridine rings is 1. The smallest absolute Gasteiger partial charge is 0.0913 e. The average Bonchev–Trinajstić information content (AvgIpc) is 2.19. The van der Waals surface area contributed by atoms with Crippen LogP contribution in [-0.2, 0) is 9.73 Å². The van der Waals surface area contributed by atoms with Gasteiger partial charge in [-0.2, -0.15) is 4.36 Å². The third kappa shape index (κ3) is 2.81. The van der Waals surface area contributed by atoms with Crippen molar-refractivity contribution in [3.8, 4) is 0 Å². The van der Waals surface area contributed by atoms with Crippen LogP contribution in [0.5, 0.6) is 0 Å². The molecule has 0 bridgehead atoms. The van der Waals surface area contributed by atoms with Gasteiger partial charge >= 0.3 is 0 Å². The monoisotopic (exact) mass is 198 g/mol. The molecule has 0 atom stereocenters. The molecule has 0 amide bonds. The van der Waals surface area contributed by atoms with E-state index in [-0.39, 0.29) is 0 Å². The third-order valence-electron chi connectivity index (χ3n) is 1.82. The van der Waals surface area contributed by atoms with Crippen molar-refractivity contribution in [3.05, 3.63) is 24.5 Å². The lowest BCUT2D eigenvalue weighted by Gasteiger charge is -2.02. The Hall–Kier alpha value is -0.900. The molecule has 0 aliphatic heterocycles. The van der Waals surface area contributed by atoms with E-state index in [0.717, 1.165) is 0 Å². The molecule has 1 aromatic heterocycles. The van der Waals surface area contributed by atoms with Crippen LogP contribution < -0.4 is 0 Å². The summed E-state index contributed by atoms with van der Waals surface area (Å²) in [5.41, 5.74) is 0.705. The highest BCUT2D eigenvalue weighted by molar-refractivity contribution is 7.93. The number of rotatable bonds is 3. The molecule has 0 aromatic carbocycles. The zero-order valence-electron chi connectivity index (χ0n) is 7.93. The van der Waals surface area contributed by atoms with Gasteiger partial charge in [0.25, 0.3) is 0 Å². The van der Waals surface area contributed by atoms with E-state index in [4.69, 9.17) is 0 Å². The van der Waals surface area contributed by atoms with Crippen LogP contribution in [0.1, 0.15) is 13.8 Å². The highest BCUT2D eigenvalue weighted by Gasteiger charge is 2.01. The van der Waals surface area contributed by atoms with Gasteiger partial charge in [-0.3, -0.25) is 4.98 Å². The van der Waals surface area contributed by atoms with Gasteiger partial charge in [-0.25, -0.2) is 4.21 Å². The van der Waals surface area contributed by atoms with E-state index in [1.807, 2.05) is 19.9 Å². The third-order valence-corrected chi connectivity index (χ3v) is 4.17. The molecule has 0 aliphatic rings. The van der Waals surface area contributed by atoms with Crippen LogP contribution in [0.15, 0.2) is 28.9 Å². The summed E-state index contributed by atoms with van der Waals surface area (Å²) in [6.45, 7) is 3.79. The van der Waals surface area contributed by atoms with E-state index in [0.29, 0.717) is 17.2 Å². The van der Waals surface area contributed by atoms with Gasteiger partial charge in [0.1, 0.15) is 0 Å². The van der Waals surface area contributed by atoms with Gasteiger partial charge in [-0.1, -0.05) is 13.8 Å². The normalized spacial score (nSPS) is 11.2. The zero-order valence-corrected chi connectivity index (χ0v) is 8.75. The second-order valence-corrected chi connectivity index (χ2v) is 5.53. The fourth-order valence-corrected chi connectivity index (χ4v) is 2.09. The van der Waals surface area contributed by atoms with Crippen molar-refractivity contribution >= 4 is 15.4 Å². The number of hydrogen-bond donors (Lipinski definition) is 0. The van der Waals surface area contributed by atoms with Gasteiger partial charge in [0, 0.05) is 17.7 Å². The zero-order chi connectivity index (χ0) is 9.73. The minimum atomic E-state index is -2.03. The second-order valence-electron chi connectivity index (χ2n) is 2.65. The summed E-state index contributed by atoms with van der Waals surface area (Å²) in [5.74, 6) is 1.19. The lowest BCUT2D eigenvalue weighted by molar-refractivity contribution is 0.678. The molecule has 72 valence electrons. The number of nitrogens with zero attached hydrogens (tertiary/aromatic N) is 2. The van der Waals surface area contributed by atoms with Crippen LogP contribution in [0.2, 0.25) is 0 Å². The molecule has 0 spiro atoms. The fraction of sp³-hybridized carbons (Fsp3) is 0.444. The first-order valence-electron chi connectivity index (χ1n) is 4.32. The molecule has 0 radical (unpaired) electrons. The molecule has 0 saturated carbocycles. The molecule has 1 rings (SSSR count). The summed E-state index contributed by atoms with van der Waals surface area (Å²) >= 11 is 0. The topological polar surface area (TPSA) is 42.3 Å². The Morgan fingerprint density at radius 1 is 1.46 bits per heavy atom. The highest BCUT2D eigenvalue weighted by Crippen LogP contribution is 2.12. The molecule has 0 fully saturated rings. The summed E-state index contributed by atoms with van der Waals surface area (Å²) < 4.78 is 16.1. The molecule has 0 aliphatic carbocycles. The molecule has 0 N–H and O–H groups in total. The van der Waals surface area contributed by atoms with Crippen LogP contribution in [0, 0.1) is 0 Å². The van der Waals surface area contributed by atoms with Crippen molar-refractivity contribution in [1.82, 2.24) is 4.98 Å². The van der Waals surface area contributed by atoms with Crippen LogP contribution in [0.4, 0.5) is 5.69 Å². The second kappa shape index (κ2) is 4.37. The van der Waals surface area contributed by atoms with Crippen molar-refractivity contribution in [2.45, 2.75) is 13.8 Å². The first-order chi connectivity index (χ1) is 6.20. The predicted octanol–water partition coefficient (Wildman–Crippen LogP) is 2.22. The van der Waals surface area contributed by atoms with Gasteiger partial charge in [0.05, 0.1) is 21.6 Å². The fourth-order valence-electron chi connectivity index (χ4n) is 0.933. The molecule has 1 heterocycles. The largest absolute Gasteiger partial charge is 0.262 e. The highest BCUT2D eigenvalue weighted by atomic mass is 32.2. The Bertz CT molecular complexity index is 356. The predicted molar refractivity (Wildman–Crippen MR) is 55.5 cm³/mol. The van der Waals surface area contributed by atoms with Crippen molar-refractivity contribution < 1.29 is 4.21 Å². The summed E-state index contributed by atoms with van der Waals surface area (Å²) in [7, 11) is -2.03. The van der Waals surface area contributed by atoms with Gasteiger partial charge in [-0.15, -0.1) is 0 Å². The summed E-state index contributed by atoms with van der Waals surface area (Å²) in [6.07, 6.45) is 3.31. The SMILES string of the molecule is CCS(=O)(CC)=Nc1cccnc1. The average molecular weight is 198 g/mol. The van der Waals surface area contributed by atoms with Crippen molar-refractivity contribution in [3.63, 3.8) is 0 Å². The Morgan fingerprint density at radius 3 is 2.62 bits per heavy atom. The summed E-state index contributed by atoms with van der Waals surface area (Å²) in [6, 6.07) is 3.61. The first kappa shape index (κ1) is 10.2. The van der Waals surface area contributed by atoms with E-state index in [1.54, 1.807) is 18.5 Å². The van der Waals surface area contributed by atoms with Crippen LogP contribution in [0.25, 0.3) is 0 Å². The van der Waals surface area contributed by atoms with E-state index in [1.165, 1.54) is 0 Å². The van der Waals surface area contributed by atoms with Gasteiger partial charge in [0.2, 0.25) is 0 Å². The minimum absolute atomic E-state index is 0.596. The van der Waals surface area contributed by atoms with Gasteiger partial charge in [-0.05, 0) is 12.1 Å². The molecule has 0 unspecified atom stereocenters. The van der Waals surface area contributed by atoms with Gasteiger partial charge in [0.15, 0.2) is 0 Å². The van der Waals surface area contributed by atoms with E-state index >= 15 is 0 Å². The Morgan fingerprint density at radius 2 is 2.15 bits per heavy atom. The molecule has 1 aromatic rings. The summed E-state index contributed by atoms with van der Waals surface area (Å²) in [4.78, 5) is 3.92. The quantitative estimate of drug-likeness (QED) is 0.747.